The van der Waals surface area contributed by atoms with Gasteiger partial charge in [0.2, 0.25) is 5.91 Å². The molecule has 0 spiro atoms. The molecule has 0 aromatic carbocycles. The molecule has 0 saturated heterocycles. The van der Waals surface area contributed by atoms with Crippen molar-refractivity contribution in [2.45, 2.75) is 19.3 Å². The first-order chi connectivity index (χ1) is 8.06. The normalized spacial score (nSPS) is 16.5. The number of carbonyl (C=O) groups is 1. The lowest BCUT2D eigenvalue weighted by atomic mass is 10.1. The zero-order valence-electron chi connectivity index (χ0n) is 9.81. The zero-order chi connectivity index (χ0) is 12.5. The van der Waals surface area contributed by atoms with Crippen LogP contribution in [0.1, 0.15) is 17.7 Å². The topological polar surface area (TPSA) is 46.3 Å². The van der Waals surface area contributed by atoms with E-state index in [9.17, 15) is 4.79 Å². The highest BCUT2D eigenvalue weighted by Gasteiger charge is 2.53. The minimum absolute atomic E-state index is 0.0848. The molecule has 0 aliphatic heterocycles. The van der Waals surface area contributed by atoms with Crippen molar-refractivity contribution in [2.75, 3.05) is 13.6 Å². The van der Waals surface area contributed by atoms with E-state index in [-0.39, 0.29) is 5.91 Å². The standard InChI is InChI=1S/C12H16N2OS2/c1-14(7-4-9-3-2-8-17-9)11(15)12(5-6-12)10(13)16/h2-3,8H,4-7H2,1H3,(H2,13,16). The highest BCUT2D eigenvalue weighted by atomic mass is 32.1. The molecule has 2 N–H and O–H groups in total. The van der Waals surface area contributed by atoms with Crippen molar-refractivity contribution in [2.24, 2.45) is 11.1 Å². The second kappa shape index (κ2) is 4.74. The number of nitrogens with zero attached hydrogens (tertiary/aromatic N) is 1. The molecule has 0 atom stereocenters. The van der Waals surface area contributed by atoms with Crippen molar-refractivity contribution in [1.29, 1.82) is 0 Å². The summed E-state index contributed by atoms with van der Waals surface area (Å²) in [7, 11) is 1.83. The van der Waals surface area contributed by atoms with Crippen LogP contribution in [0, 0.1) is 5.41 Å². The van der Waals surface area contributed by atoms with Gasteiger partial charge in [0, 0.05) is 18.5 Å². The average molecular weight is 268 g/mol. The van der Waals surface area contributed by atoms with Gasteiger partial charge in [-0.3, -0.25) is 4.79 Å². The van der Waals surface area contributed by atoms with E-state index in [4.69, 9.17) is 18.0 Å². The number of likely N-dealkylation sites (N-methyl/N-ethyl adjacent to an activating group) is 1. The Morgan fingerprint density at radius 3 is 2.82 bits per heavy atom. The minimum Gasteiger partial charge on any atom is -0.392 e. The summed E-state index contributed by atoms with van der Waals surface area (Å²) in [5.41, 5.74) is 5.13. The Morgan fingerprint density at radius 1 is 1.65 bits per heavy atom. The van der Waals surface area contributed by atoms with Gasteiger partial charge in [0.05, 0.1) is 10.4 Å². The summed E-state index contributed by atoms with van der Waals surface area (Å²) < 4.78 is 0. The predicted octanol–water partition coefficient (Wildman–Crippen LogP) is 1.82. The maximum absolute atomic E-state index is 12.2. The van der Waals surface area contributed by atoms with Gasteiger partial charge < -0.3 is 10.6 Å². The van der Waals surface area contributed by atoms with Crippen molar-refractivity contribution in [3.63, 3.8) is 0 Å². The molecule has 5 heteroatoms. The molecule has 17 heavy (non-hydrogen) atoms. The van der Waals surface area contributed by atoms with Gasteiger partial charge in [-0.25, -0.2) is 0 Å². The Kier molecular flexibility index (Phi) is 3.49. The fourth-order valence-electron chi connectivity index (χ4n) is 1.89. The van der Waals surface area contributed by atoms with Gasteiger partial charge in [0.15, 0.2) is 0 Å². The summed E-state index contributed by atoms with van der Waals surface area (Å²) in [6.45, 7) is 0.726. The first kappa shape index (κ1) is 12.5. The number of nitrogens with two attached hydrogens (primary N) is 1. The van der Waals surface area contributed by atoms with Crippen LogP contribution in [0.15, 0.2) is 17.5 Å². The van der Waals surface area contributed by atoms with Gasteiger partial charge in [-0.1, -0.05) is 18.3 Å². The SMILES string of the molecule is CN(CCc1cccs1)C(=O)C1(C(N)=S)CC1. The molecule has 0 bridgehead atoms. The van der Waals surface area contributed by atoms with Crippen LogP contribution in [-0.4, -0.2) is 29.4 Å². The van der Waals surface area contributed by atoms with Crippen molar-refractivity contribution in [3.8, 4) is 0 Å². The fraction of sp³-hybridized carbons (Fsp3) is 0.500. The van der Waals surface area contributed by atoms with Crippen molar-refractivity contribution in [1.82, 2.24) is 4.90 Å². The number of rotatable bonds is 5. The van der Waals surface area contributed by atoms with Crippen LogP contribution >= 0.6 is 23.6 Å². The molecule has 1 amide bonds. The molecule has 0 radical (unpaired) electrons. The summed E-state index contributed by atoms with van der Waals surface area (Å²) in [5.74, 6) is 0.0848. The second-order valence-electron chi connectivity index (χ2n) is 4.50. The van der Waals surface area contributed by atoms with E-state index < -0.39 is 5.41 Å². The maximum Gasteiger partial charge on any atom is 0.235 e. The maximum atomic E-state index is 12.2. The number of thiophene rings is 1. The van der Waals surface area contributed by atoms with Gasteiger partial charge in [0.1, 0.15) is 0 Å². The van der Waals surface area contributed by atoms with Crippen molar-refractivity contribution < 1.29 is 4.79 Å². The highest BCUT2D eigenvalue weighted by Crippen LogP contribution is 2.47. The van der Waals surface area contributed by atoms with Gasteiger partial charge in [-0.15, -0.1) is 11.3 Å². The number of carbonyl (C=O) groups excluding carboxylic acids is 1. The Bertz CT molecular complexity index is 424. The van der Waals surface area contributed by atoms with Crippen LogP contribution in [0.5, 0.6) is 0 Å². The molecule has 1 fully saturated rings. The minimum atomic E-state index is -0.514. The quantitative estimate of drug-likeness (QED) is 0.829. The fourth-order valence-corrected chi connectivity index (χ4v) is 2.88. The predicted molar refractivity (Wildman–Crippen MR) is 74.1 cm³/mol. The monoisotopic (exact) mass is 268 g/mol. The Morgan fingerprint density at radius 2 is 2.35 bits per heavy atom. The van der Waals surface area contributed by atoms with E-state index in [1.807, 2.05) is 13.1 Å². The summed E-state index contributed by atoms with van der Waals surface area (Å²) in [4.78, 5) is 15.6. The molecule has 3 nitrogen and oxygen atoms in total. The van der Waals surface area contributed by atoms with E-state index in [0.717, 1.165) is 25.8 Å². The zero-order valence-corrected chi connectivity index (χ0v) is 11.4. The third-order valence-electron chi connectivity index (χ3n) is 3.25. The van der Waals surface area contributed by atoms with E-state index in [2.05, 4.69) is 11.4 Å². The molecule has 1 aliphatic carbocycles. The summed E-state index contributed by atoms with van der Waals surface area (Å²) in [6.07, 6.45) is 2.52. The number of hydrogen-bond acceptors (Lipinski definition) is 3. The summed E-state index contributed by atoms with van der Waals surface area (Å²) in [5, 5.41) is 2.05. The van der Waals surface area contributed by atoms with Gasteiger partial charge in [0.25, 0.3) is 0 Å². The molecule has 1 saturated carbocycles. The van der Waals surface area contributed by atoms with Crippen LogP contribution in [0.25, 0.3) is 0 Å². The van der Waals surface area contributed by atoms with Crippen LogP contribution in [0.2, 0.25) is 0 Å². The highest BCUT2D eigenvalue weighted by molar-refractivity contribution is 7.80. The van der Waals surface area contributed by atoms with Crippen molar-refractivity contribution >= 4 is 34.5 Å². The molecule has 1 aromatic rings. The molecule has 1 heterocycles. The van der Waals surface area contributed by atoms with Gasteiger partial charge in [-0.05, 0) is 30.7 Å². The largest absolute Gasteiger partial charge is 0.392 e. The number of thiocarbonyl (C=S) groups is 1. The van der Waals surface area contributed by atoms with Gasteiger partial charge in [-0.2, -0.15) is 0 Å². The molecule has 0 unspecified atom stereocenters. The molecule has 1 aromatic heterocycles. The second-order valence-corrected chi connectivity index (χ2v) is 5.97. The summed E-state index contributed by atoms with van der Waals surface area (Å²) in [6, 6.07) is 4.11. The van der Waals surface area contributed by atoms with E-state index >= 15 is 0 Å². The molecular formula is C12H16N2OS2. The first-order valence-electron chi connectivity index (χ1n) is 5.64. The Balaban J connectivity index is 1.90. The van der Waals surface area contributed by atoms with Crippen LogP contribution in [0.4, 0.5) is 0 Å². The molecule has 2 rings (SSSR count). The third-order valence-corrected chi connectivity index (χ3v) is 4.58. The molecule has 92 valence electrons. The molecule has 1 aliphatic rings. The molecular weight excluding hydrogens is 252 g/mol. The first-order valence-corrected chi connectivity index (χ1v) is 6.93. The van der Waals surface area contributed by atoms with Crippen LogP contribution < -0.4 is 5.73 Å². The lowest BCUT2D eigenvalue weighted by Crippen LogP contribution is -2.41. The van der Waals surface area contributed by atoms with Crippen LogP contribution in [0.3, 0.4) is 0 Å². The lowest BCUT2D eigenvalue weighted by molar-refractivity contribution is -0.133. The smallest absolute Gasteiger partial charge is 0.235 e. The number of hydrogen-bond donors (Lipinski definition) is 1. The van der Waals surface area contributed by atoms with E-state index in [1.165, 1.54) is 4.88 Å². The Hall–Kier alpha value is -0.940. The van der Waals surface area contributed by atoms with E-state index in [1.54, 1.807) is 16.2 Å². The number of amides is 1. The summed E-state index contributed by atoms with van der Waals surface area (Å²) >= 11 is 6.70. The van der Waals surface area contributed by atoms with E-state index in [0.29, 0.717) is 4.99 Å². The van der Waals surface area contributed by atoms with Gasteiger partial charge >= 0.3 is 0 Å². The average Bonchev–Trinajstić information content (AvgIpc) is 2.96. The third kappa shape index (κ3) is 2.50. The van der Waals surface area contributed by atoms with Crippen molar-refractivity contribution in [3.05, 3.63) is 22.4 Å². The Labute approximate surface area is 111 Å². The van der Waals surface area contributed by atoms with Crippen LogP contribution in [-0.2, 0) is 11.2 Å². The lowest BCUT2D eigenvalue weighted by Gasteiger charge is -2.22.